The lowest BCUT2D eigenvalue weighted by atomic mass is 10.2. The molecule has 1 atom stereocenters. The van der Waals surface area contributed by atoms with Gasteiger partial charge < -0.3 is 9.84 Å². The Morgan fingerprint density at radius 2 is 1.81 bits per heavy atom. The number of ether oxygens (including phenoxy) is 1. The Morgan fingerprint density at radius 1 is 1.19 bits per heavy atom. The minimum Gasteiger partial charge on any atom is -0.396 e. The Kier molecular flexibility index (Phi) is 4.76. The third-order valence-corrected chi connectivity index (χ3v) is 2.11. The number of halogens is 3. The minimum atomic E-state index is -4.41. The lowest BCUT2D eigenvalue weighted by Gasteiger charge is -2.17. The molecule has 0 saturated heterocycles. The van der Waals surface area contributed by atoms with Gasteiger partial charge in [0.1, 0.15) is 5.92 Å². The summed E-state index contributed by atoms with van der Waals surface area (Å²) in [5.74, 6) is -1.81. The Bertz CT molecular complexity index is 298. The van der Waals surface area contributed by atoms with Crippen molar-refractivity contribution in [1.29, 1.82) is 0 Å². The topological polar surface area (TPSA) is 29.5 Å². The molecule has 1 aromatic carbocycles. The molecule has 5 heteroatoms. The van der Waals surface area contributed by atoms with Crippen molar-refractivity contribution in [3.05, 3.63) is 35.9 Å². The number of rotatable bonds is 5. The summed E-state index contributed by atoms with van der Waals surface area (Å²) in [5, 5.41) is 8.56. The lowest BCUT2D eigenvalue weighted by molar-refractivity contribution is -0.198. The Morgan fingerprint density at radius 3 is 2.31 bits per heavy atom. The van der Waals surface area contributed by atoms with Crippen LogP contribution in [0.25, 0.3) is 0 Å². The molecule has 16 heavy (non-hydrogen) atoms. The van der Waals surface area contributed by atoms with Crippen molar-refractivity contribution >= 4 is 0 Å². The molecule has 0 unspecified atom stereocenters. The summed E-state index contributed by atoms with van der Waals surface area (Å²) in [5.41, 5.74) is 0.807. The molecule has 0 heterocycles. The van der Waals surface area contributed by atoms with Gasteiger partial charge in [0.05, 0.1) is 19.8 Å². The SMILES string of the molecule is OC[C@@H](COCc1ccccc1)C(F)(F)F. The highest BCUT2D eigenvalue weighted by atomic mass is 19.4. The summed E-state index contributed by atoms with van der Waals surface area (Å²) >= 11 is 0. The van der Waals surface area contributed by atoms with Gasteiger partial charge in [-0.2, -0.15) is 13.2 Å². The molecule has 0 amide bonds. The molecule has 0 aromatic heterocycles. The van der Waals surface area contributed by atoms with E-state index in [0.29, 0.717) is 0 Å². The van der Waals surface area contributed by atoms with E-state index in [9.17, 15) is 13.2 Å². The number of aliphatic hydroxyl groups excluding tert-OH is 1. The van der Waals surface area contributed by atoms with Crippen molar-refractivity contribution in [2.75, 3.05) is 13.2 Å². The van der Waals surface area contributed by atoms with Crippen LogP contribution in [0, 0.1) is 5.92 Å². The summed E-state index contributed by atoms with van der Waals surface area (Å²) in [7, 11) is 0. The third-order valence-electron chi connectivity index (χ3n) is 2.11. The van der Waals surface area contributed by atoms with E-state index in [1.807, 2.05) is 6.07 Å². The van der Waals surface area contributed by atoms with E-state index in [0.717, 1.165) is 5.56 Å². The van der Waals surface area contributed by atoms with E-state index in [1.165, 1.54) is 0 Å². The van der Waals surface area contributed by atoms with Crippen molar-refractivity contribution in [2.24, 2.45) is 5.92 Å². The number of benzene rings is 1. The van der Waals surface area contributed by atoms with Crippen molar-refractivity contribution in [2.45, 2.75) is 12.8 Å². The maximum absolute atomic E-state index is 12.2. The van der Waals surface area contributed by atoms with Crippen molar-refractivity contribution in [1.82, 2.24) is 0 Å². The molecule has 2 nitrogen and oxygen atoms in total. The number of aliphatic hydroxyl groups is 1. The van der Waals surface area contributed by atoms with Crippen LogP contribution in [0.5, 0.6) is 0 Å². The van der Waals surface area contributed by atoms with Crippen molar-refractivity contribution in [3.8, 4) is 0 Å². The molecule has 0 bridgehead atoms. The number of hydrogen-bond donors (Lipinski definition) is 1. The first-order chi connectivity index (χ1) is 7.54. The highest BCUT2D eigenvalue weighted by molar-refractivity contribution is 5.13. The minimum absolute atomic E-state index is 0.118. The average Bonchev–Trinajstić information content (AvgIpc) is 2.24. The zero-order valence-electron chi connectivity index (χ0n) is 8.57. The van der Waals surface area contributed by atoms with E-state index >= 15 is 0 Å². The van der Waals surface area contributed by atoms with Gasteiger partial charge in [-0.3, -0.25) is 0 Å². The molecule has 1 N–H and O–H groups in total. The van der Waals surface area contributed by atoms with Crippen LogP contribution in [0.15, 0.2) is 30.3 Å². The molecule has 0 fully saturated rings. The predicted molar refractivity (Wildman–Crippen MR) is 52.7 cm³/mol. The highest BCUT2D eigenvalue weighted by Crippen LogP contribution is 2.26. The van der Waals surface area contributed by atoms with Crippen LogP contribution >= 0.6 is 0 Å². The van der Waals surface area contributed by atoms with Crippen molar-refractivity contribution < 1.29 is 23.0 Å². The maximum Gasteiger partial charge on any atom is 0.396 e. The first-order valence-corrected chi connectivity index (χ1v) is 4.83. The van der Waals surface area contributed by atoms with Crippen LogP contribution < -0.4 is 0 Å². The molecule has 0 aliphatic carbocycles. The Labute approximate surface area is 91.7 Å². The second kappa shape index (κ2) is 5.86. The fourth-order valence-corrected chi connectivity index (χ4v) is 1.14. The fourth-order valence-electron chi connectivity index (χ4n) is 1.14. The second-order valence-electron chi connectivity index (χ2n) is 3.42. The summed E-state index contributed by atoms with van der Waals surface area (Å²) in [4.78, 5) is 0. The fraction of sp³-hybridized carbons (Fsp3) is 0.455. The van der Waals surface area contributed by atoms with Crippen LogP contribution in [0.2, 0.25) is 0 Å². The zero-order valence-corrected chi connectivity index (χ0v) is 8.57. The Hall–Kier alpha value is -1.07. The van der Waals surface area contributed by atoms with Gasteiger partial charge in [-0.25, -0.2) is 0 Å². The van der Waals surface area contributed by atoms with Gasteiger partial charge in [0.2, 0.25) is 0 Å². The Balaban J connectivity index is 2.35. The quantitative estimate of drug-likeness (QED) is 0.847. The predicted octanol–water partition coefficient (Wildman–Crippen LogP) is 2.37. The van der Waals surface area contributed by atoms with Gasteiger partial charge >= 0.3 is 6.18 Å². The normalized spacial score (nSPS) is 13.8. The van der Waals surface area contributed by atoms with Crippen LogP contribution in [0.1, 0.15) is 5.56 Å². The van der Waals surface area contributed by atoms with E-state index in [-0.39, 0.29) is 6.61 Å². The molecule has 0 aliphatic rings. The molecule has 0 aliphatic heterocycles. The first-order valence-electron chi connectivity index (χ1n) is 4.83. The molecule has 1 rings (SSSR count). The standard InChI is InChI=1S/C11H13F3O2/c12-11(13,14)10(6-15)8-16-7-9-4-2-1-3-5-9/h1-5,10,15H,6-8H2/t10-/m0/s1. The third kappa shape index (κ3) is 4.20. The molecule has 90 valence electrons. The first kappa shape index (κ1) is 13.0. The summed E-state index contributed by atoms with van der Waals surface area (Å²) in [6, 6.07) is 8.91. The highest BCUT2D eigenvalue weighted by Gasteiger charge is 2.39. The van der Waals surface area contributed by atoms with Gasteiger partial charge in [0.15, 0.2) is 0 Å². The van der Waals surface area contributed by atoms with Gasteiger partial charge in [0, 0.05) is 0 Å². The lowest BCUT2D eigenvalue weighted by Crippen LogP contribution is -2.30. The molecule has 0 spiro atoms. The molecule has 1 aromatic rings. The number of alkyl halides is 3. The zero-order chi connectivity index (χ0) is 12.0. The van der Waals surface area contributed by atoms with E-state index < -0.39 is 25.3 Å². The molecular weight excluding hydrogens is 221 g/mol. The van der Waals surface area contributed by atoms with Gasteiger partial charge in [-0.1, -0.05) is 30.3 Å². The largest absolute Gasteiger partial charge is 0.396 e. The van der Waals surface area contributed by atoms with Gasteiger partial charge in [-0.15, -0.1) is 0 Å². The summed E-state index contributed by atoms with van der Waals surface area (Å²) in [6.45, 7) is -1.35. The average molecular weight is 234 g/mol. The smallest absolute Gasteiger partial charge is 0.396 e. The van der Waals surface area contributed by atoms with Crippen LogP contribution in [0.3, 0.4) is 0 Å². The molecule has 0 radical (unpaired) electrons. The van der Waals surface area contributed by atoms with Gasteiger partial charge in [-0.05, 0) is 5.56 Å². The van der Waals surface area contributed by atoms with Crippen LogP contribution in [-0.2, 0) is 11.3 Å². The van der Waals surface area contributed by atoms with Crippen LogP contribution in [0.4, 0.5) is 13.2 Å². The summed E-state index contributed by atoms with van der Waals surface area (Å²) < 4.78 is 41.5. The van der Waals surface area contributed by atoms with Gasteiger partial charge in [0.25, 0.3) is 0 Å². The number of hydrogen-bond acceptors (Lipinski definition) is 2. The van der Waals surface area contributed by atoms with Crippen LogP contribution in [-0.4, -0.2) is 24.5 Å². The van der Waals surface area contributed by atoms with Crippen molar-refractivity contribution in [3.63, 3.8) is 0 Å². The summed E-state index contributed by atoms with van der Waals surface area (Å²) in [6.07, 6.45) is -4.41. The maximum atomic E-state index is 12.2. The monoisotopic (exact) mass is 234 g/mol. The molecule has 0 saturated carbocycles. The molecular formula is C11H13F3O2. The second-order valence-corrected chi connectivity index (χ2v) is 3.42. The van der Waals surface area contributed by atoms with E-state index in [1.54, 1.807) is 24.3 Å². The van der Waals surface area contributed by atoms with E-state index in [2.05, 4.69) is 0 Å². The van der Waals surface area contributed by atoms with E-state index in [4.69, 9.17) is 9.84 Å².